The van der Waals surface area contributed by atoms with Crippen LogP contribution in [0.15, 0.2) is 60.9 Å². The van der Waals surface area contributed by atoms with E-state index < -0.39 is 5.41 Å². The maximum absolute atomic E-state index is 14.3. The van der Waals surface area contributed by atoms with E-state index in [2.05, 4.69) is 46.3 Å². The number of hydrogen-bond acceptors (Lipinski definition) is 4. The van der Waals surface area contributed by atoms with E-state index in [1.807, 2.05) is 24.5 Å². The number of methoxy groups -OCH3 is 1. The molecule has 3 aliphatic heterocycles. The largest absolute Gasteiger partial charge is 0.497 e. The lowest BCUT2D eigenvalue weighted by atomic mass is 9.72. The highest BCUT2D eigenvalue weighted by Gasteiger charge is 2.51. The average molecular weight is 471 g/mol. The molecule has 1 amide bonds. The molecule has 0 saturated carbocycles. The van der Waals surface area contributed by atoms with Crippen molar-refractivity contribution >= 4 is 16.7 Å². The van der Waals surface area contributed by atoms with Crippen molar-refractivity contribution in [2.75, 3.05) is 20.3 Å². The number of rotatable bonds is 5. The molecule has 2 bridgehead atoms. The van der Waals surface area contributed by atoms with Gasteiger partial charge >= 0.3 is 0 Å². The molecule has 2 aromatic carbocycles. The molecular formula is C30H34N2O3. The summed E-state index contributed by atoms with van der Waals surface area (Å²) >= 11 is 0. The van der Waals surface area contributed by atoms with Gasteiger partial charge in [-0.15, -0.1) is 0 Å². The molecule has 0 spiro atoms. The number of pyridine rings is 1. The first-order chi connectivity index (χ1) is 17.2. The van der Waals surface area contributed by atoms with Gasteiger partial charge in [-0.2, -0.15) is 0 Å². The second-order valence-electron chi connectivity index (χ2n) is 10.6. The summed E-state index contributed by atoms with van der Waals surface area (Å²) in [5.41, 5.74) is 2.01. The fourth-order valence-electron chi connectivity index (χ4n) is 6.89. The van der Waals surface area contributed by atoms with Gasteiger partial charge in [0.15, 0.2) is 0 Å². The Morgan fingerprint density at radius 1 is 1.03 bits per heavy atom. The normalized spacial score (nSPS) is 25.5. The Kier molecular flexibility index (Phi) is 5.97. The summed E-state index contributed by atoms with van der Waals surface area (Å²) in [5, 5.41) is 2.45. The number of carbonyl (C=O) groups excluding carboxylic acids is 1. The third-order valence-corrected chi connectivity index (χ3v) is 8.69. The lowest BCUT2D eigenvalue weighted by Crippen LogP contribution is -2.56. The Labute approximate surface area is 207 Å². The molecule has 5 nitrogen and oxygen atoms in total. The van der Waals surface area contributed by atoms with Gasteiger partial charge in [-0.1, -0.05) is 24.3 Å². The summed E-state index contributed by atoms with van der Waals surface area (Å²) in [6, 6.07) is 17.7. The molecule has 3 fully saturated rings. The topological polar surface area (TPSA) is 51.7 Å². The van der Waals surface area contributed by atoms with Gasteiger partial charge in [0.25, 0.3) is 0 Å². The highest BCUT2D eigenvalue weighted by atomic mass is 16.5. The number of ether oxygens (including phenoxy) is 2. The van der Waals surface area contributed by atoms with E-state index >= 15 is 0 Å². The third-order valence-electron chi connectivity index (χ3n) is 8.69. The smallest absolute Gasteiger partial charge is 0.233 e. The van der Waals surface area contributed by atoms with Crippen LogP contribution < -0.4 is 4.74 Å². The van der Waals surface area contributed by atoms with E-state index in [1.54, 1.807) is 7.11 Å². The zero-order chi connectivity index (χ0) is 23.8. The molecule has 5 heteroatoms. The van der Waals surface area contributed by atoms with E-state index in [1.165, 1.54) is 16.3 Å². The molecule has 3 saturated heterocycles. The van der Waals surface area contributed by atoms with Crippen molar-refractivity contribution in [1.82, 2.24) is 9.88 Å². The van der Waals surface area contributed by atoms with Crippen molar-refractivity contribution in [2.45, 2.75) is 62.4 Å². The number of nitrogens with zero attached hydrogens (tertiary/aromatic N) is 2. The number of aromatic nitrogens is 1. The molecular weight excluding hydrogens is 436 g/mol. The molecule has 0 N–H and O–H groups in total. The van der Waals surface area contributed by atoms with Gasteiger partial charge in [0, 0.05) is 43.1 Å². The monoisotopic (exact) mass is 470 g/mol. The minimum absolute atomic E-state index is 0.327. The van der Waals surface area contributed by atoms with Crippen LogP contribution in [0.25, 0.3) is 10.8 Å². The van der Waals surface area contributed by atoms with Crippen LogP contribution in [-0.2, 0) is 21.4 Å². The number of amides is 1. The Bertz CT molecular complexity index is 1190. The molecule has 3 aromatic rings. The van der Waals surface area contributed by atoms with Crippen LogP contribution in [0.1, 0.15) is 49.7 Å². The number of piperidine rings is 1. The second-order valence-corrected chi connectivity index (χ2v) is 10.6. The summed E-state index contributed by atoms with van der Waals surface area (Å²) in [5.74, 6) is 1.78. The summed E-state index contributed by atoms with van der Waals surface area (Å²) < 4.78 is 11.1. The zero-order valence-electron chi connectivity index (χ0n) is 20.5. The predicted molar refractivity (Wildman–Crippen MR) is 137 cm³/mol. The molecule has 0 unspecified atom stereocenters. The summed E-state index contributed by atoms with van der Waals surface area (Å²) in [6.07, 6.45) is 10.8. The van der Waals surface area contributed by atoms with E-state index in [0.29, 0.717) is 37.1 Å². The lowest BCUT2D eigenvalue weighted by Gasteiger charge is -2.46. The SMILES string of the molecule is COc1ccc(C2(C(=O)N3[C@H]4CC[C@H]3CC(Cc3ccc5ccncc5c3)C4)CCOCC2)cc1. The van der Waals surface area contributed by atoms with Gasteiger partial charge in [-0.3, -0.25) is 9.78 Å². The van der Waals surface area contributed by atoms with Crippen LogP contribution in [-0.4, -0.2) is 48.2 Å². The molecule has 6 rings (SSSR count). The van der Waals surface area contributed by atoms with Crippen LogP contribution in [0, 0.1) is 5.92 Å². The Balaban J connectivity index is 1.22. The number of fused-ring (bicyclic) bond motifs is 3. The van der Waals surface area contributed by atoms with Crippen LogP contribution in [0.5, 0.6) is 5.75 Å². The molecule has 0 radical (unpaired) electrons. The molecule has 35 heavy (non-hydrogen) atoms. The standard InChI is InChI=1S/C30H34N2O3/c1-34-28-8-4-25(5-9-28)30(11-14-35-15-12-30)29(33)32-26-6-7-27(32)19-22(18-26)16-21-2-3-23-10-13-31-20-24(23)17-21/h2-5,8-10,13,17,20,22,26-27H,6-7,11-12,14-16,18-19H2,1H3/t26-,27-/m0/s1. The first-order valence-electron chi connectivity index (χ1n) is 13.0. The first-order valence-corrected chi connectivity index (χ1v) is 13.0. The molecule has 0 aliphatic carbocycles. The van der Waals surface area contributed by atoms with E-state index in [0.717, 1.165) is 56.3 Å². The maximum atomic E-state index is 14.3. The minimum Gasteiger partial charge on any atom is -0.497 e. The van der Waals surface area contributed by atoms with Crippen molar-refractivity contribution in [3.63, 3.8) is 0 Å². The Hall–Kier alpha value is -2.92. The molecule has 3 aliphatic rings. The first kappa shape index (κ1) is 22.5. The van der Waals surface area contributed by atoms with E-state index in [4.69, 9.17) is 9.47 Å². The van der Waals surface area contributed by atoms with Crippen LogP contribution in [0.4, 0.5) is 0 Å². The molecule has 1 aromatic heterocycles. The van der Waals surface area contributed by atoms with Crippen molar-refractivity contribution in [3.05, 3.63) is 72.1 Å². The minimum atomic E-state index is -0.483. The van der Waals surface area contributed by atoms with Crippen LogP contribution in [0.2, 0.25) is 0 Å². The zero-order valence-corrected chi connectivity index (χ0v) is 20.5. The van der Waals surface area contributed by atoms with Gasteiger partial charge in [0.1, 0.15) is 5.75 Å². The highest BCUT2D eigenvalue weighted by molar-refractivity contribution is 5.89. The van der Waals surface area contributed by atoms with Gasteiger partial charge in [-0.05, 0) is 91.6 Å². The van der Waals surface area contributed by atoms with Crippen LogP contribution >= 0.6 is 0 Å². The molecule has 2 atom stereocenters. The van der Waals surface area contributed by atoms with E-state index in [9.17, 15) is 4.79 Å². The summed E-state index contributed by atoms with van der Waals surface area (Å²) in [4.78, 5) is 20.9. The quantitative estimate of drug-likeness (QED) is 0.508. The summed E-state index contributed by atoms with van der Waals surface area (Å²) in [6.45, 7) is 1.28. The lowest BCUT2D eigenvalue weighted by molar-refractivity contribution is -0.146. The average Bonchev–Trinajstić information content (AvgIpc) is 3.18. The van der Waals surface area contributed by atoms with Crippen molar-refractivity contribution in [3.8, 4) is 5.75 Å². The van der Waals surface area contributed by atoms with E-state index in [-0.39, 0.29) is 0 Å². The van der Waals surface area contributed by atoms with Crippen molar-refractivity contribution in [1.29, 1.82) is 0 Å². The van der Waals surface area contributed by atoms with Gasteiger partial charge < -0.3 is 14.4 Å². The number of carbonyl (C=O) groups is 1. The third kappa shape index (κ3) is 4.10. The second kappa shape index (κ2) is 9.27. The Morgan fingerprint density at radius 2 is 1.77 bits per heavy atom. The highest BCUT2D eigenvalue weighted by Crippen LogP contribution is 2.45. The fourth-order valence-corrected chi connectivity index (χ4v) is 6.89. The molecule has 4 heterocycles. The Morgan fingerprint density at radius 3 is 2.49 bits per heavy atom. The predicted octanol–water partition coefficient (Wildman–Crippen LogP) is 5.30. The summed E-state index contributed by atoms with van der Waals surface area (Å²) in [7, 11) is 1.68. The van der Waals surface area contributed by atoms with Crippen molar-refractivity contribution in [2.24, 2.45) is 5.92 Å². The fraction of sp³-hybridized carbons (Fsp3) is 0.467. The van der Waals surface area contributed by atoms with Gasteiger partial charge in [0.05, 0.1) is 12.5 Å². The van der Waals surface area contributed by atoms with Gasteiger partial charge in [0.2, 0.25) is 5.91 Å². The van der Waals surface area contributed by atoms with Gasteiger partial charge in [-0.25, -0.2) is 0 Å². The maximum Gasteiger partial charge on any atom is 0.233 e. The van der Waals surface area contributed by atoms with Crippen LogP contribution in [0.3, 0.4) is 0 Å². The van der Waals surface area contributed by atoms with Crippen molar-refractivity contribution < 1.29 is 14.3 Å². The molecule has 182 valence electrons. The number of hydrogen-bond donors (Lipinski definition) is 0. The number of benzene rings is 2.